The molecule has 1 aromatic rings. The first kappa shape index (κ1) is 12.8. The number of hydrogen-bond donors (Lipinski definition) is 1. The minimum Gasteiger partial charge on any atom is -0.390 e. The molecule has 0 saturated carbocycles. The Kier molecular flexibility index (Phi) is 3.63. The monoisotopic (exact) mass is 267 g/mol. The standard InChI is InChI=1S/C13H18FN3O2/c14-10-2-1-3-15-13(10)17-8-11(12(18)9-17)16-4-6-19-7-5-16/h1-3,11-12,18H,4-9H2/t11-,12-/m0/s1. The highest BCUT2D eigenvalue weighted by atomic mass is 19.1. The van der Waals surface area contributed by atoms with E-state index in [0.29, 0.717) is 32.1 Å². The summed E-state index contributed by atoms with van der Waals surface area (Å²) in [6, 6.07) is 3.01. The second kappa shape index (κ2) is 5.40. The maximum absolute atomic E-state index is 13.7. The van der Waals surface area contributed by atoms with E-state index in [4.69, 9.17) is 4.74 Å². The average Bonchev–Trinajstić information content (AvgIpc) is 2.82. The molecule has 5 nitrogen and oxygen atoms in total. The average molecular weight is 267 g/mol. The van der Waals surface area contributed by atoms with Gasteiger partial charge in [-0.2, -0.15) is 0 Å². The summed E-state index contributed by atoms with van der Waals surface area (Å²) in [7, 11) is 0. The Morgan fingerprint density at radius 1 is 1.32 bits per heavy atom. The molecule has 0 amide bonds. The van der Waals surface area contributed by atoms with Gasteiger partial charge in [0.15, 0.2) is 11.6 Å². The normalized spacial score (nSPS) is 28.8. The number of β-amino-alcohol motifs (C(OH)–C–C–N with tert-alkyl or cyclic N) is 1. The van der Waals surface area contributed by atoms with Gasteiger partial charge in [-0.1, -0.05) is 0 Å². The van der Waals surface area contributed by atoms with Crippen LogP contribution in [0, 0.1) is 5.82 Å². The molecule has 2 aliphatic rings. The largest absolute Gasteiger partial charge is 0.390 e. The van der Waals surface area contributed by atoms with E-state index in [1.165, 1.54) is 6.07 Å². The van der Waals surface area contributed by atoms with Crippen LogP contribution in [0.15, 0.2) is 18.3 Å². The van der Waals surface area contributed by atoms with Crippen LogP contribution >= 0.6 is 0 Å². The smallest absolute Gasteiger partial charge is 0.165 e. The number of morpholine rings is 1. The second-order valence-electron chi connectivity index (χ2n) is 5.00. The molecule has 1 N–H and O–H groups in total. The summed E-state index contributed by atoms with van der Waals surface area (Å²) < 4.78 is 19.0. The zero-order valence-corrected chi connectivity index (χ0v) is 10.7. The van der Waals surface area contributed by atoms with Crippen LogP contribution in [0.4, 0.5) is 10.2 Å². The highest BCUT2D eigenvalue weighted by Crippen LogP contribution is 2.24. The Balaban J connectivity index is 1.72. The summed E-state index contributed by atoms with van der Waals surface area (Å²) in [5.74, 6) is -0.00497. The molecular weight excluding hydrogens is 249 g/mol. The van der Waals surface area contributed by atoms with Crippen molar-refractivity contribution in [1.29, 1.82) is 0 Å². The first-order valence-corrected chi connectivity index (χ1v) is 6.61. The van der Waals surface area contributed by atoms with Crippen molar-refractivity contribution in [2.45, 2.75) is 12.1 Å². The van der Waals surface area contributed by atoms with E-state index >= 15 is 0 Å². The van der Waals surface area contributed by atoms with Crippen molar-refractivity contribution in [3.05, 3.63) is 24.1 Å². The molecule has 0 unspecified atom stereocenters. The number of pyridine rings is 1. The molecule has 2 aliphatic heterocycles. The molecule has 3 heterocycles. The lowest BCUT2D eigenvalue weighted by Gasteiger charge is -2.33. The van der Waals surface area contributed by atoms with Crippen LogP contribution in [0.25, 0.3) is 0 Å². The number of nitrogens with zero attached hydrogens (tertiary/aromatic N) is 3. The van der Waals surface area contributed by atoms with E-state index in [2.05, 4.69) is 9.88 Å². The highest BCUT2D eigenvalue weighted by Gasteiger charge is 2.37. The fraction of sp³-hybridized carbons (Fsp3) is 0.615. The third-order valence-electron chi connectivity index (χ3n) is 3.81. The van der Waals surface area contributed by atoms with Gasteiger partial charge >= 0.3 is 0 Å². The molecule has 0 aromatic carbocycles. The van der Waals surface area contributed by atoms with Crippen molar-refractivity contribution < 1.29 is 14.2 Å². The van der Waals surface area contributed by atoms with Gasteiger partial charge in [-0.3, -0.25) is 4.90 Å². The van der Waals surface area contributed by atoms with Gasteiger partial charge < -0.3 is 14.7 Å². The van der Waals surface area contributed by atoms with E-state index in [9.17, 15) is 9.50 Å². The minimum atomic E-state index is -0.473. The quantitative estimate of drug-likeness (QED) is 0.824. The van der Waals surface area contributed by atoms with Gasteiger partial charge in [0.2, 0.25) is 0 Å². The number of ether oxygens (including phenoxy) is 1. The third-order valence-corrected chi connectivity index (χ3v) is 3.81. The van der Waals surface area contributed by atoms with Gasteiger partial charge in [0, 0.05) is 32.4 Å². The van der Waals surface area contributed by atoms with Gasteiger partial charge in [0.25, 0.3) is 0 Å². The fourth-order valence-electron chi connectivity index (χ4n) is 2.82. The van der Waals surface area contributed by atoms with Gasteiger partial charge in [-0.05, 0) is 12.1 Å². The molecule has 0 bridgehead atoms. The predicted molar refractivity (Wildman–Crippen MR) is 68.6 cm³/mol. The van der Waals surface area contributed by atoms with Crippen molar-refractivity contribution in [3.63, 3.8) is 0 Å². The van der Waals surface area contributed by atoms with Crippen molar-refractivity contribution in [2.24, 2.45) is 0 Å². The summed E-state index contributed by atoms with van der Waals surface area (Å²) in [5, 5.41) is 10.2. The number of hydrogen-bond acceptors (Lipinski definition) is 5. The molecule has 6 heteroatoms. The molecule has 19 heavy (non-hydrogen) atoms. The first-order valence-electron chi connectivity index (χ1n) is 6.61. The molecule has 2 saturated heterocycles. The van der Waals surface area contributed by atoms with Crippen LogP contribution in [0.3, 0.4) is 0 Å². The van der Waals surface area contributed by atoms with Crippen LogP contribution in [-0.2, 0) is 4.74 Å². The summed E-state index contributed by atoms with van der Waals surface area (Å²) in [6.07, 6.45) is 1.10. The van der Waals surface area contributed by atoms with Crippen molar-refractivity contribution in [2.75, 3.05) is 44.3 Å². The van der Waals surface area contributed by atoms with E-state index in [-0.39, 0.29) is 11.9 Å². The van der Waals surface area contributed by atoms with Crippen molar-refractivity contribution >= 4 is 5.82 Å². The number of aromatic nitrogens is 1. The van der Waals surface area contributed by atoms with Gasteiger partial charge in [-0.15, -0.1) is 0 Å². The van der Waals surface area contributed by atoms with Gasteiger partial charge in [0.1, 0.15) is 0 Å². The second-order valence-corrected chi connectivity index (χ2v) is 5.00. The maximum Gasteiger partial charge on any atom is 0.165 e. The first-order chi connectivity index (χ1) is 9.25. The molecule has 104 valence electrons. The topological polar surface area (TPSA) is 48.8 Å². The van der Waals surface area contributed by atoms with Crippen LogP contribution in [0.5, 0.6) is 0 Å². The lowest BCUT2D eigenvalue weighted by Crippen LogP contribution is -2.48. The molecule has 0 radical (unpaired) electrons. The lowest BCUT2D eigenvalue weighted by molar-refractivity contribution is -0.00588. The van der Waals surface area contributed by atoms with Gasteiger partial charge in [0.05, 0.1) is 25.4 Å². The Morgan fingerprint density at radius 3 is 2.84 bits per heavy atom. The molecular formula is C13H18FN3O2. The number of halogens is 1. The van der Waals surface area contributed by atoms with Crippen LogP contribution in [0.1, 0.15) is 0 Å². The SMILES string of the molecule is O[C@H]1CN(c2ncccc2F)C[C@@H]1N1CCOCC1. The van der Waals surface area contributed by atoms with Crippen LogP contribution in [0.2, 0.25) is 0 Å². The zero-order valence-electron chi connectivity index (χ0n) is 10.7. The van der Waals surface area contributed by atoms with E-state index < -0.39 is 6.10 Å². The van der Waals surface area contributed by atoms with Crippen LogP contribution < -0.4 is 4.90 Å². The number of rotatable bonds is 2. The molecule has 0 aliphatic carbocycles. The molecule has 1 aromatic heterocycles. The van der Waals surface area contributed by atoms with E-state index in [1.54, 1.807) is 12.3 Å². The number of anilines is 1. The Hall–Kier alpha value is -1.24. The zero-order chi connectivity index (χ0) is 13.2. The van der Waals surface area contributed by atoms with E-state index in [0.717, 1.165) is 13.1 Å². The third kappa shape index (κ3) is 2.56. The van der Waals surface area contributed by atoms with Crippen LogP contribution in [-0.4, -0.2) is 66.5 Å². The number of aliphatic hydroxyl groups is 1. The van der Waals surface area contributed by atoms with E-state index in [1.807, 2.05) is 4.90 Å². The Labute approximate surface area is 111 Å². The Morgan fingerprint density at radius 2 is 2.11 bits per heavy atom. The molecule has 2 fully saturated rings. The van der Waals surface area contributed by atoms with Crippen molar-refractivity contribution in [1.82, 2.24) is 9.88 Å². The Bertz CT molecular complexity index is 440. The van der Waals surface area contributed by atoms with Crippen molar-refractivity contribution in [3.8, 4) is 0 Å². The lowest BCUT2D eigenvalue weighted by atomic mass is 10.2. The minimum absolute atomic E-state index is 0.0327. The highest BCUT2D eigenvalue weighted by molar-refractivity contribution is 5.42. The fourth-order valence-corrected chi connectivity index (χ4v) is 2.82. The predicted octanol–water partition coefficient (Wildman–Crippen LogP) is 0.102. The molecule has 2 atom stereocenters. The maximum atomic E-state index is 13.7. The molecule has 0 spiro atoms. The molecule has 3 rings (SSSR count). The summed E-state index contributed by atoms with van der Waals surface area (Å²) in [6.45, 7) is 4.06. The summed E-state index contributed by atoms with van der Waals surface area (Å²) >= 11 is 0. The van der Waals surface area contributed by atoms with Gasteiger partial charge in [-0.25, -0.2) is 9.37 Å². The summed E-state index contributed by atoms with van der Waals surface area (Å²) in [4.78, 5) is 8.11. The summed E-state index contributed by atoms with van der Waals surface area (Å²) in [5.41, 5.74) is 0. The number of aliphatic hydroxyl groups excluding tert-OH is 1.